The van der Waals surface area contributed by atoms with Crippen molar-refractivity contribution in [2.75, 3.05) is 11.9 Å². The zero-order chi connectivity index (χ0) is 11.4. The minimum absolute atomic E-state index is 0.155. The van der Waals surface area contributed by atoms with E-state index in [0.29, 0.717) is 17.4 Å². The van der Waals surface area contributed by atoms with Crippen molar-refractivity contribution in [1.29, 1.82) is 0 Å². The lowest BCUT2D eigenvalue weighted by Gasteiger charge is -2.07. The third-order valence-corrected chi connectivity index (χ3v) is 2.51. The molecule has 15 heavy (non-hydrogen) atoms. The van der Waals surface area contributed by atoms with Gasteiger partial charge in [-0.15, -0.1) is 0 Å². The number of hydrogen-bond donors (Lipinski definition) is 2. The van der Waals surface area contributed by atoms with Gasteiger partial charge < -0.3 is 11.1 Å². The summed E-state index contributed by atoms with van der Waals surface area (Å²) in [6.07, 6.45) is 0.193. The molecule has 7 heteroatoms. The summed E-state index contributed by atoms with van der Waals surface area (Å²) in [6.45, 7) is 0.347. The molecule has 0 aliphatic rings. The number of amides is 1. The molecule has 0 aliphatic heterocycles. The molecule has 0 saturated heterocycles. The summed E-state index contributed by atoms with van der Waals surface area (Å²) in [6, 6.07) is 1.48. The summed E-state index contributed by atoms with van der Waals surface area (Å²) in [5.41, 5.74) is 4.97. The van der Waals surface area contributed by atoms with Crippen molar-refractivity contribution >= 4 is 46.5 Å². The third-order valence-electron chi connectivity index (χ3n) is 1.55. The number of halogens is 3. The minimum atomic E-state index is -0.404. The molecule has 0 spiro atoms. The summed E-state index contributed by atoms with van der Waals surface area (Å²) in [4.78, 5) is 14.4. The molecule has 1 rings (SSSR count). The Morgan fingerprint density at radius 2 is 2.07 bits per heavy atom. The highest BCUT2D eigenvalue weighted by atomic mass is 35.5. The van der Waals surface area contributed by atoms with Gasteiger partial charge in [-0.05, 0) is 6.07 Å². The van der Waals surface area contributed by atoms with Gasteiger partial charge in [-0.25, -0.2) is 4.98 Å². The molecule has 4 nitrogen and oxygen atoms in total. The molecular weight excluding hydrogens is 260 g/mol. The number of nitrogens with zero attached hydrogens (tertiary/aromatic N) is 1. The monoisotopic (exact) mass is 267 g/mol. The number of hydrogen-bond acceptors (Lipinski definition) is 3. The Labute approximate surface area is 102 Å². The van der Waals surface area contributed by atoms with Gasteiger partial charge in [0.05, 0.1) is 10.0 Å². The van der Waals surface area contributed by atoms with Crippen LogP contribution in [-0.4, -0.2) is 17.4 Å². The van der Waals surface area contributed by atoms with Gasteiger partial charge in [0.15, 0.2) is 0 Å². The molecule has 0 fully saturated rings. The molecule has 0 aliphatic carbocycles. The van der Waals surface area contributed by atoms with Crippen molar-refractivity contribution in [1.82, 2.24) is 4.98 Å². The summed E-state index contributed by atoms with van der Waals surface area (Å²) >= 11 is 17.2. The Kier molecular flexibility index (Phi) is 4.45. The minimum Gasteiger partial charge on any atom is -0.370 e. The highest BCUT2D eigenvalue weighted by Crippen LogP contribution is 2.28. The molecule has 0 unspecified atom stereocenters. The maximum atomic E-state index is 10.5. The van der Waals surface area contributed by atoms with Gasteiger partial charge >= 0.3 is 0 Å². The van der Waals surface area contributed by atoms with Crippen LogP contribution in [0.3, 0.4) is 0 Å². The second-order valence-electron chi connectivity index (χ2n) is 2.73. The molecule has 0 aromatic carbocycles. The van der Waals surface area contributed by atoms with Crippen molar-refractivity contribution in [3.8, 4) is 0 Å². The van der Waals surface area contributed by atoms with Crippen LogP contribution in [0.25, 0.3) is 0 Å². The normalized spacial score (nSPS) is 10.1. The Balaban J connectivity index is 2.69. The first-order valence-electron chi connectivity index (χ1n) is 4.04. The number of nitrogens with one attached hydrogen (secondary N) is 1. The van der Waals surface area contributed by atoms with E-state index in [1.165, 1.54) is 6.07 Å². The molecule has 1 amide bonds. The van der Waals surface area contributed by atoms with Gasteiger partial charge in [0.25, 0.3) is 0 Å². The van der Waals surface area contributed by atoms with Crippen LogP contribution < -0.4 is 11.1 Å². The molecule has 1 aromatic heterocycles. The lowest BCUT2D eigenvalue weighted by molar-refractivity contribution is -0.117. The van der Waals surface area contributed by atoms with E-state index in [1.807, 2.05) is 0 Å². The number of nitrogens with two attached hydrogens (primary N) is 1. The Morgan fingerprint density at radius 3 is 2.67 bits per heavy atom. The first-order valence-corrected chi connectivity index (χ1v) is 5.18. The van der Waals surface area contributed by atoms with E-state index in [1.54, 1.807) is 0 Å². The largest absolute Gasteiger partial charge is 0.370 e. The van der Waals surface area contributed by atoms with E-state index >= 15 is 0 Å². The molecule has 0 radical (unpaired) electrons. The summed E-state index contributed by atoms with van der Waals surface area (Å²) < 4.78 is 0. The highest BCUT2D eigenvalue weighted by Gasteiger charge is 2.07. The van der Waals surface area contributed by atoms with Crippen LogP contribution >= 0.6 is 34.8 Å². The van der Waals surface area contributed by atoms with Crippen LogP contribution in [0.5, 0.6) is 0 Å². The maximum absolute atomic E-state index is 10.5. The molecule has 0 atom stereocenters. The van der Waals surface area contributed by atoms with Crippen molar-refractivity contribution < 1.29 is 4.79 Å². The first-order chi connectivity index (χ1) is 7.00. The van der Waals surface area contributed by atoms with Gasteiger partial charge in [-0.2, -0.15) is 0 Å². The standard InChI is InChI=1S/C8H8Cl3N3O/c9-4-3-5(10)8(14-7(4)11)13-2-1-6(12)15/h3H,1-2H2,(H2,12,15)(H,13,14). The molecule has 3 N–H and O–H groups in total. The number of carbonyl (C=O) groups excluding carboxylic acids is 1. The summed E-state index contributed by atoms with van der Waals surface area (Å²) in [5.74, 6) is -0.0222. The lowest BCUT2D eigenvalue weighted by atomic mass is 10.4. The Hall–Kier alpha value is -0.710. The fourth-order valence-corrected chi connectivity index (χ4v) is 1.44. The SMILES string of the molecule is NC(=O)CCNc1nc(Cl)c(Cl)cc1Cl. The average molecular weight is 269 g/mol. The fourth-order valence-electron chi connectivity index (χ4n) is 0.872. The molecule has 1 aromatic rings. The van der Waals surface area contributed by atoms with Crippen molar-refractivity contribution in [3.05, 3.63) is 21.3 Å². The first kappa shape index (κ1) is 12.4. The fraction of sp³-hybridized carbons (Fsp3) is 0.250. The number of rotatable bonds is 4. The van der Waals surface area contributed by atoms with Crippen LogP contribution in [-0.2, 0) is 4.79 Å². The summed E-state index contributed by atoms with van der Waals surface area (Å²) in [5, 5.41) is 3.60. The average Bonchev–Trinajstić information content (AvgIpc) is 2.13. The van der Waals surface area contributed by atoms with Gasteiger partial charge in [-0.1, -0.05) is 34.8 Å². The molecule has 82 valence electrons. The summed E-state index contributed by atoms with van der Waals surface area (Å²) in [7, 11) is 0. The number of pyridine rings is 1. The van der Waals surface area contributed by atoms with E-state index in [2.05, 4.69) is 10.3 Å². The number of aromatic nitrogens is 1. The van der Waals surface area contributed by atoms with Crippen molar-refractivity contribution in [2.45, 2.75) is 6.42 Å². The molecule has 0 saturated carbocycles. The maximum Gasteiger partial charge on any atom is 0.219 e. The van der Waals surface area contributed by atoms with Crippen molar-refractivity contribution in [3.63, 3.8) is 0 Å². The van der Waals surface area contributed by atoms with E-state index in [-0.39, 0.29) is 16.6 Å². The second kappa shape index (κ2) is 5.39. The van der Waals surface area contributed by atoms with E-state index in [0.717, 1.165) is 0 Å². The molecular formula is C8H8Cl3N3O. The van der Waals surface area contributed by atoms with Crippen LogP contribution in [0.2, 0.25) is 15.2 Å². The van der Waals surface area contributed by atoms with Gasteiger partial charge in [-0.3, -0.25) is 4.79 Å². The molecule has 1 heterocycles. The number of primary amides is 1. The van der Waals surface area contributed by atoms with E-state index < -0.39 is 5.91 Å². The van der Waals surface area contributed by atoms with Gasteiger partial charge in [0.2, 0.25) is 5.91 Å². The van der Waals surface area contributed by atoms with Gasteiger partial charge in [0, 0.05) is 13.0 Å². The van der Waals surface area contributed by atoms with Crippen LogP contribution in [0.15, 0.2) is 6.07 Å². The predicted molar refractivity (Wildman–Crippen MR) is 61.6 cm³/mol. The van der Waals surface area contributed by atoms with Crippen LogP contribution in [0.1, 0.15) is 6.42 Å². The Bertz CT molecular complexity index is 384. The van der Waals surface area contributed by atoms with E-state index in [4.69, 9.17) is 40.5 Å². The topological polar surface area (TPSA) is 68.0 Å². The van der Waals surface area contributed by atoms with Gasteiger partial charge in [0.1, 0.15) is 11.0 Å². The van der Waals surface area contributed by atoms with Crippen LogP contribution in [0.4, 0.5) is 5.82 Å². The smallest absolute Gasteiger partial charge is 0.219 e. The zero-order valence-corrected chi connectivity index (χ0v) is 9.83. The zero-order valence-electron chi connectivity index (χ0n) is 7.56. The van der Waals surface area contributed by atoms with Crippen molar-refractivity contribution in [2.24, 2.45) is 5.73 Å². The quantitative estimate of drug-likeness (QED) is 0.824. The number of carbonyl (C=O) groups is 1. The highest BCUT2D eigenvalue weighted by molar-refractivity contribution is 6.42. The lowest BCUT2D eigenvalue weighted by Crippen LogP contribution is -2.16. The second-order valence-corrected chi connectivity index (χ2v) is 3.91. The molecule has 0 bridgehead atoms. The predicted octanol–water partition coefficient (Wildman–Crippen LogP) is 2.33. The third kappa shape index (κ3) is 3.74. The Morgan fingerprint density at radius 1 is 1.40 bits per heavy atom. The number of anilines is 1. The van der Waals surface area contributed by atoms with E-state index in [9.17, 15) is 4.79 Å². The van der Waals surface area contributed by atoms with Crippen LogP contribution in [0, 0.1) is 0 Å².